The van der Waals surface area contributed by atoms with Gasteiger partial charge in [-0.3, -0.25) is 24.2 Å². The van der Waals surface area contributed by atoms with Gasteiger partial charge in [-0.25, -0.2) is 9.59 Å². The Morgan fingerprint density at radius 3 is 1.97 bits per heavy atom. The van der Waals surface area contributed by atoms with Gasteiger partial charge in [0.25, 0.3) is 11.8 Å². The van der Waals surface area contributed by atoms with Gasteiger partial charge in [0.15, 0.2) is 0 Å². The lowest BCUT2D eigenvalue weighted by molar-refractivity contribution is -0.141. The SMILES string of the molecule is CCCCC(=NOC(C)=O)C(=O)c1ccc(Sc2ccc(C=C3C(=O)N(C)C(=O)N(C)C3=O)cc2)cc1. The lowest BCUT2D eigenvalue weighted by atomic mass is 10.0. The Bertz CT molecular complexity index is 1260. The second-order valence-corrected chi connectivity index (χ2v) is 9.46. The number of carbonyl (C=O) groups is 5. The molecule has 0 bridgehead atoms. The third-order valence-corrected chi connectivity index (χ3v) is 6.52. The standard InChI is InChI=1S/C27H27N3O6S/c1-5-6-7-23(28-36-17(2)31)24(32)19-10-14-21(15-11-19)37-20-12-8-18(9-13-20)16-22-25(33)29(3)27(35)30(4)26(22)34/h8-16H,5-7H2,1-4H3. The number of rotatable bonds is 9. The molecule has 37 heavy (non-hydrogen) atoms. The predicted octanol–water partition coefficient (Wildman–Crippen LogP) is 4.56. The molecule has 9 nitrogen and oxygen atoms in total. The summed E-state index contributed by atoms with van der Waals surface area (Å²) in [5, 5.41) is 3.74. The van der Waals surface area contributed by atoms with Gasteiger partial charge >= 0.3 is 12.0 Å². The summed E-state index contributed by atoms with van der Waals surface area (Å²) in [5.41, 5.74) is 1.22. The molecule has 1 heterocycles. The number of nitrogens with zero attached hydrogens (tertiary/aromatic N) is 3. The largest absolute Gasteiger partial charge is 0.333 e. The van der Waals surface area contributed by atoms with Gasteiger partial charge in [-0.1, -0.05) is 42.4 Å². The smallest absolute Gasteiger partial charge is 0.318 e. The first-order valence-corrected chi connectivity index (χ1v) is 12.4. The number of likely N-dealkylation sites (N-methyl/N-ethyl adjacent to an activating group) is 2. The minimum atomic E-state index is -0.666. The average molecular weight is 522 g/mol. The van der Waals surface area contributed by atoms with Gasteiger partial charge in [-0.2, -0.15) is 0 Å². The second-order valence-electron chi connectivity index (χ2n) is 8.32. The summed E-state index contributed by atoms with van der Waals surface area (Å²) in [6, 6.07) is 13.6. The number of oxime groups is 1. The molecule has 1 aliphatic heterocycles. The lowest BCUT2D eigenvalue weighted by Gasteiger charge is -2.28. The zero-order chi connectivity index (χ0) is 27.1. The molecule has 1 fully saturated rings. The Hall–Kier alpha value is -4.05. The Kier molecular flexibility index (Phi) is 9.13. The summed E-state index contributed by atoms with van der Waals surface area (Å²) < 4.78 is 0. The van der Waals surface area contributed by atoms with Crippen molar-refractivity contribution >= 4 is 53.1 Å². The second kappa shape index (κ2) is 12.3. The van der Waals surface area contributed by atoms with Crippen LogP contribution in [0.3, 0.4) is 0 Å². The van der Waals surface area contributed by atoms with Crippen molar-refractivity contribution in [2.75, 3.05) is 14.1 Å². The normalized spacial score (nSPS) is 14.2. The third-order valence-electron chi connectivity index (χ3n) is 5.50. The average Bonchev–Trinajstić information content (AvgIpc) is 2.90. The van der Waals surface area contributed by atoms with E-state index in [2.05, 4.69) is 5.16 Å². The number of benzene rings is 2. The van der Waals surface area contributed by atoms with E-state index in [0.29, 0.717) is 17.5 Å². The number of Topliss-reactive ketones (excluding diaryl/α,β-unsaturated/α-hetero) is 1. The first-order valence-electron chi connectivity index (χ1n) is 11.6. The van der Waals surface area contributed by atoms with Crippen LogP contribution in [0.4, 0.5) is 4.79 Å². The third kappa shape index (κ3) is 6.79. The topological polar surface area (TPSA) is 113 Å². The van der Waals surface area contributed by atoms with E-state index in [9.17, 15) is 24.0 Å². The minimum Gasteiger partial charge on any atom is -0.318 e. The highest BCUT2D eigenvalue weighted by Gasteiger charge is 2.37. The summed E-state index contributed by atoms with van der Waals surface area (Å²) in [6.07, 6.45) is 3.51. The molecule has 0 spiro atoms. The van der Waals surface area contributed by atoms with E-state index in [0.717, 1.165) is 32.4 Å². The lowest BCUT2D eigenvalue weighted by Crippen LogP contribution is -2.52. The summed E-state index contributed by atoms with van der Waals surface area (Å²) >= 11 is 1.47. The molecule has 0 unspecified atom stereocenters. The molecule has 192 valence electrons. The first kappa shape index (κ1) is 27.5. The van der Waals surface area contributed by atoms with Crippen LogP contribution < -0.4 is 0 Å². The molecule has 2 aromatic rings. The maximum atomic E-state index is 12.8. The fraction of sp³-hybridized carbons (Fsp3) is 0.259. The van der Waals surface area contributed by atoms with Crippen LogP contribution in [0.2, 0.25) is 0 Å². The van der Waals surface area contributed by atoms with Crippen molar-refractivity contribution in [3.63, 3.8) is 0 Å². The van der Waals surface area contributed by atoms with E-state index in [4.69, 9.17) is 4.84 Å². The Balaban J connectivity index is 1.70. The van der Waals surface area contributed by atoms with Gasteiger partial charge in [-0.05, 0) is 60.9 Å². The van der Waals surface area contributed by atoms with Crippen LogP contribution in [-0.4, -0.2) is 59.2 Å². The van der Waals surface area contributed by atoms with Gasteiger partial charge in [0, 0.05) is 36.4 Å². The monoisotopic (exact) mass is 521 g/mol. The number of imide groups is 2. The molecule has 0 atom stereocenters. The fourth-order valence-corrected chi connectivity index (χ4v) is 4.23. The number of carbonyl (C=O) groups excluding carboxylic acids is 5. The molecule has 2 aromatic carbocycles. The van der Waals surface area contributed by atoms with E-state index >= 15 is 0 Å². The van der Waals surface area contributed by atoms with E-state index in [1.54, 1.807) is 24.3 Å². The number of hydrogen-bond donors (Lipinski definition) is 0. The van der Waals surface area contributed by atoms with E-state index < -0.39 is 23.8 Å². The van der Waals surface area contributed by atoms with Crippen LogP contribution in [0, 0.1) is 0 Å². The predicted molar refractivity (Wildman–Crippen MR) is 139 cm³/mol. The van der Waals surface area contributed by atoms with E-state index in [-0.39, 0.29) is 17.1 Å². The molecular weight excluding hydrogens is 494 g/mol. The number of unbranched alkanes of at least 4 members (excludes halogenated alkanes) is 1. The Morgan fingerprint density at radius 2 is 1.46 bits per heavy atom. The molecule has 3 rings (SSSR count). The van der Waals surface area contributed by atoms with Crippen molar-refractivity contribution in [2.24, 2.45) is 5.16 Å². The molecule has 0 radical (unpaired) electrons. The number of ketones is 1. The van der Waals surface area contributed by atoms with Gasteiger partial charge in [0.1, 0.15) is 11.3 Å². The van der Waals surface area contributed by atoms with Gasteiger partial charge in [-0.15, -0.1) is 0 Å². The highest BCUT2D eigenvalue weighted by Crippen LogP contribution is 2.29. The number of hydrogen-bond acceptors (Lipinski definition) is 8. The maximum Gasteiger partial charge on any atom is 0.333 e. The minimum absolute atomic E-state index is 0.0826. The van der Waals surface area contributed by atoms with Crippen molar-refractivity contribution in [1.29, 1.82) is 0 Å². The molecule has 0 aliphatic carbocycles. The Morgan fingerprint density at radius 1 is 0.919 bits per heavy atom. The van der Waals surface area contributed by atoms with Crippen molar-refractivity contribution in [3.8, 4) is 0 Å². The zero-order valence-electron chi connectivity index (χ0n) is 21.0. The quantitative estimate of drug-likeness (QED) is 0.119. The molecule has 10 heteroatoms. The van der Waals surface area contributed by atoms with E-state index in [1.165, 1.54) is 38.9 Å². The number of amides is 4. The van der Waals surface area contributed by atoms with Crippen LogP contribution in [0.25, 0.3) is 6.08 Å². The van der Waals surface area contributed by atoms with Crippen LogP contribution in [0.5, 0.6) is 0 Å². The van der Waals surface area contributed by atoms with Crippen molar-refractivity contribution in [3.05, 3.63) is 65.2 Å². The van der Waals surface area contributed by atoms with Crippen LogP contribution in [0.1, 0.15) is 49.0 Å². The highest BCUT2D eigenvalue weighted by molar-refractivity contribution is 7.99. The van der Waals surface area contributed by atoms with Gasteiger partial charge in [0.05, 0.1) is 0 Å². The molecule has 0 N–H and O–H groups in total. The molecular formula is C27H27N3O6S. The summed E-state index contributed by atoms with van der Waals surface area (Å²) in [5.74, 6) is -2.15. The van der Waals surface area contributed by atoms with Crippen LogP contribution in [0.15, 0.2) is 69.1 Å². The molecule has 0 aromatic heterocycles. The van der Waals surface area contributed by atoms with Crippen LogP contribution in [-0.2, 0) is 19.2 Å². The summed E-state index contributed by atoms with van der Waals surface area (Å²) in [4.78, 5) is 68.9. The first-order chi connectivity index (χ1) is 17.6. The zero-order valence-corrected chi connectivity index (χ0v) is 21.8. The number of urea groups is 1. The van der Waals surface area contributed by atoms with Crippen molar-refractivity contribution < 1.29 is 28.8 Å². The maximum absolute atomic E-state index is 12.8. The Labute approximate surface area is 219 Å². The molecule has 1 aliphatic rings. The summed E-state index contributed by atoms with van der Waals surface area (Å²) in [6.45, 7) is 3.23. The fourth-order valence-electron chi connectivity index (χ4n) is 3.42. The summed E-state index contributed by atoms with van der Waals surface area (Å²) in [7, 11) is 2.66. The van der Waals surface area contributed by atoms with Gasteiger partial charge in [0.2, 0.25) is 5.78 Å². The number of barbiturate groups is 1. The van der Waals surface area contributed by atoms with Crippen molar-refractivity contribution in [2.45, 2.75) is 42.9 Å². The molecule has 4 amide bonds. The highest BCUT2D eigenvalue weighted by atomic mass is 32.2. The molecule has 0 saturated carbocycles. The van der Waals surface area contributed by atoms with Crippen molar-refractivity contribution in [1.82, 2.24) is 9.80 Å². The van der Waals surface area contributed by atoms with E-state index in [1.807, 2.05) is 31.2 Å². The van der Waals surface area contributed by atoms with Gasteiger partial charge < -0.3 is 4.84 Å². The molecule has 1 saturated heterocycles. The van der Waals surface area contributed by atoms with Crippen LogP contribution >= 0.6 is 11.8 Å².